The van der Waals surface area contributed by atoms with Crippen LogP contribution in [0.5, 0.6) is 5.75 Å². The third-order valence-corrected chi connectivity index (χ3v) is 5.22. The average Bonchev–Trinajstić information content (AvgIpc) is 2.99. The standard InChI is InChI=1S/C24H18ClN3O4/c1-14-9-11-17(12-10-14)28-23(31)20(25)21(24(28)32)26-16-6-4-5-15(13-16)22(30)27-18-7-2-3-8-19(18)29/h2-13,26,29H,1H3,(H,27,30). The molecule has 0 spiro atoms. The highest BCUT2D eigenvalue weighted by Crippen LogP contribution is 2.30. The van der Waals surface area contributed by atoms with Gasteiger partial charge in [0.25, 0.3) is 17.7 Å². The third kappa shape index (κ3) is 4.06. The highest BCUT2D eigenvalue weighted by atomic mass is 35.5. The van der Waals surface area contributed by atoms with Crippen LogP contribution in [0.25, 0.3) is 0 Å². The fourth-order valence-corrected chi connectivity index (χ4v) is 3.41. The van der Waals surface area contributed by atoms with Gasteiger partial charge in [0, 0.05) is 11.3 Å². The summed E-state index contributed by atoms with van der Waals surface area (Å²) in [5, 5.41) is 15.1. The van der Waals surface area contributed by atoms with E-state index < -0.39 is 17.7 Å². The molecular formula is C24H18ClN3O4. The number of carbonyl (C=O) groups excluding carboxylic acids is 3. The summed E-state index contributed by atoms with van der Waals surface area (Å²) in [5.74, 6) is -1.73. The highest BCUT2D eigenvalue weighted by molar-refractivity contribution is 6.53. The maximum absolute atomic E-state index is 12.9. The van der Waals surface area contributed by atoms with Crippen molar-refractivity contribution in [1.82, 2.24) is 0 Å². The van der Waals surface area contributed by atoms with E-state index >= 15 is 0 Å². The smallest absolute Gasteiger partial charge is 0.283 e. The van der Waals surface area contributed by atoms with Gasteiger partial charge in [-0.3, -0.25) is 14.4 Å². The van der Waals surface area contributed by atoms with E-state index in [1.54, 1.807) is 60.7 Å². The first-order chi connectivity index (χ1) is 15.3. The number of carbonyl (C=O) groups is 3. The lowest BCUT2D eigenvalue weighted by Crippen LogP contribution is -2.32. The van der Waals surface area contributed by atoms with Crippen LogP contribution in [-0.2, 0) is 9.59 Å². The summed E-state index contributed by atoms with van der Waals surface area (Å²) in [6, 6.07) is 19.6. The second-order valence-electron chi connectivity index (χ2n) is 7.15. The number of phenols is 1. The largest absolute Gasteiger partial charge is 0.506 e. The second-order valence-corrected chi connectivity index (χ2v) is 7.53. The van der Waals surface area contributed by atoms with Gasteiger partial charge in [-0.2, -0.15) is 0 Å². The van der Waals surface area contributed by atoms with Gasteiger partial charge >= 0.3 is 0 Å². The summed E-state index contributed by atoms with van der Waals surface area (Å²) in [5.41, 5.74) is 2.28. The molecule has 0 saturated heterocycles. The third-order valence-electron chi connectivity index (χ3n) is 4.87. The Balaban J connectivity index is 1.55. The molecule has 3 N–H and O–H groups in total. The Kier molecular flexibility index (Phi) is 5.66. The summed E-state index contributed by atoms with van der Waals surface area (Å²) < 4.78 is 0. The Bertz CT molecular complexity index is 1270. The van der Waals surface area contributed by atoms with E-state index in [4.69, 9.17) is 11.6 Å². The predicted molar refractivity (Wildman–Crippen MR) is 123 cm³/mol. The van der Waals surface area contributed by atoms with Crippen molar-refractivity contribution in [2.24, 2.45) is 0 Å². The molecule has 0 bridgehead atoms. The van der Waals surface area contributed by atoms with Crippen molar-refractivity contribution in [3.63, 3.8) is 0 Å². The zero-order valence-corrected chi connectivity index (χ0v) is 17.7. The van der Waals surface area contributed by atoms with Crippen LogP contribution in [-0.4, -0.2) is 22.8 Å². The van der Waals surface area contributed by atoms with Crippen LogP contribution >= 0.6 is 11.6 Å². The number of aromatic hydroxyl groups is 1. The van der Waals surface area contributed by atoms with Crippen LogP contribution in [0.3, 0.4) is 0 Å². The molecule has 8 heteroatoms. The van der Waals surface area contributed by atoms with Crippen LogP contribution in [0.4, 0.5) is 17.1 Å². The average molecular weight is 448 g/mol. The quantitative estimate of drug-likeness (QED) is 0.398. The molecular weight excluding hydrogens is 430 g/mol. The van der Waals surface area contributed by atoms with E-state index in [9.17, 15) is 19.5 Å². The predicted octanol–water partition coefficient (Wildman–Crippen LogP) is 4.39. The number of para-hydroxylation sites is 2. The number of hydrogen-bond donors (Lipinski definition) is 3. The van der Waals surface area contributed by atoms with Crippen molar-refractivity contribution >= 4 is 46.4 Å². The molecule has 32 heavy (non-hydrogen) atoms. The van der Waals surface area contributed by atoms with Crippen molar-refractivity contribution < 1.29 is 19.5 Å². The van der Waals surface area contributed by atoms with Gasteiger partial charge in [0.15, 0.2) is 0 Å². The van der Waals surface area contributed by atoms with Gasteiger partial charge in [-0.1, -0.05) is 47.5 Å². The van der Waals surface area contributed by atoms with Crippen LogP contribution in [0.1, 0.15) is 15.9 Å². The van der Waals surface area contributed by atoms with Gasteiger partial charge in [-0.25, -0.2) is 4.90 Å². The summed E-state index contributed by atoms with van der Waals surface area (Å²) in [6.45, 7) is 1.90. The Morgan fingerprint density at radius 3 is 2.38 bits per heavy atom. The minimum atomic E-state index is -0.628. The molecule has 1 aliphatic heterocycles. The highest BCUT2D eigenvalue weighted by Gasteiger charge is 2.38. The molecule has 1 heterocycles. The Hall–Kier alpha value is -4.10. The minimum Gasteiger partial charge on any atom is -0.506 e. The Labute approximate surface area is 188 Å². The lowest BCUT2D eigenvalue weighted by Gasteiger charge is -2.15. The molecule has 4 rings (SSSR count). The number of hydrogen-bond acceptors (Lipinski definition) is 5. The molecule has 7 nitrogen and oxygen atoms in total. The molecule has 0 aromatic heterocycles. The lowest BCUT2D eigenvalue weighted by atomic mass is 10.1. The number of rotatable bonds is 5. The molecule has 160 valence electrons. The van der Waals surface area contributed by atoms with Crippen molar-refractivity contribution in [1.29, 1.82) is 0 Å². The van der Waals surface area contributed by atoms with E-state index in [2.05, 4.69) is 10.6 Å². The number of benzene rings is 3. The first kappa shape index (κ1) is 21.1. The van der Waals surface area contributed by atoms with E-state index in [0.717, 1.165) is 10.5 Å². The number of nitrogens with zero attached hydrogens (tertiary/aromatic N) is 1. The fourth-order valence-electron chi connectivity index (χ4n) is 3.20. The number of anilines is 3. The molecule has 3 aromatic rings. The van der Waals surface area contributed by atoms with Gasteiger partial charge in [0.2, 0.25) is 0 Å². The van der Waals surface area contributed by atoms with Crippen molar-refractivity contribution in [3.8, 4) is 5.75 Å². The molecule has 0 atom stereocenters. The molecule has 1 aliphatic rings. The summed E-state index contributed by atoms with van der Waals surface area (Å²) >= 11 is 6.17. The normalized spacial score (nSPS) is 13.5. The molecule has 3 aromatic carbocycles. The van der Waals surface area contributed by atoms with Gasteiger partial charge < -0.3 is 15.7 Å². The second kappa shape index (κ2) is 8.56. The molecule has 3 amide bonds. The zero-order valence-electron chi connectivity index (χ0n) is 16.9. The first-order valence-corrected chi connectivity index (χ1v) is 10.0. The summed E-state index contributed by atoms with van der Waals surface area (Å²) in [7, 11) is 0. The number of imide groups is 1. The van der Waals surface area contributed by atoms with Gasteiger partial charge in [0.1, 0.15) is 16.5 Å². The summed E-state index contributed by atoms with van der Waals surface area (Å²) in [6.07, 6.45) is 0. The van der Waals surface area contributed by atoms with E-state index in [0.29, 0.717) is 11.4 Å². The van der Waals surface area contributed by atoms with Crippen LogP contribution in [0.2, 0.25) is 0 Å². The van der Waals surface area contributed by atoms with Crippen molar-refractivity contribution in [3.05, 3.63) is 94.7 Å². The van der Waals surface area contributed by atoms with E-state index in [1.807, 2.05) is 6.92 Å². The number of amides is 3. The number of nitrogens with one attached hydrogen (secondary N) is 2. The SMILES string of the molecule is Cc1ccc(N2C(=O)C(Cl)=C(Nc3cccc(C(=O)Nc4ccccc4O)c3)C2=O)cc1. The van der Waals surface area contributed by atoms with Gasteiger partial charge in [-0.05, 0) is 49.4 Å². The van der Waals surface area contributed by atoms with Crippen LogP contribution in [0.15, 0.2) is 83.5 Å². The molecule has 0 saturated carbocycles. The van der Waals surface area contributed by atoms with Gasteiger partial charge in [-0.15, -0.1) is 0 Å². The molecule has 0 radical (unpaired) electrons. The Morgan fingerprint density at radius 2 is 1.66 bits per heavy atom. The van der Waals surface area contributed by atoms with Crippen molar-refractivity contribution in [2.75, 3.05) is 15.5 Å². The maximum Gasteiger partial charge on any atom is 0.283 e. The monoisotopic (exact) mass is 447 g/mol. The maximum atomic E-state index is 12.9. The lowest BCUT2D eigenvalue weighted by molar-refractivity contribution is -0.120. The topological polar surface area (TPSA) is 98.7 Å². The molecule has 0 unspecified atom stereocenters. The van der Waals surface area contributed by atoms with Gasteiger partial charge in [0.05, 0.1) is 11.4 Å². The Morgan fingerprint density at radius 1 is 0.938 bits per heavy atom. The molecule has 0 fully saturated rings. The van der Waals surface area contributed by atoms with Crippen LogP contribution < -0.4 is 15.5 Å². The van der Waals surface area contributed by atoms with Crippen LogP contribution in [0, 0.1) is 6.92 Å². The molecule has 0 aliphatic carbocycles. The van der Waals surface area contributed by atoms with E-state index in [-0.39, 0.29) is 27.7 Å². The number of aryl methyl sites for hydroxylation is 1. The number of halogens is 1. The fraction of sp³-hybridized carbons (Fsp3) is 0.0417. The van der Waals surface area contributed by atoms with Crippen molar-refractivity contribution in [2.45, 2.75) is 6.92 Å². The minimum absolute atomic E-state index is 0.0571. The number of phenolic OH excluding ortho intramolecular Hbond substituents is 1. The first-order valence-electron chi connectivity index (χ1n) is 9.67. The zero-order chi connectivity index (χ0) is 22.8. The van der Waals surface area contributed by atoms with E-state index in [1.165, 1.54) is 12.1 Å². The summed E-state index contributed by atoms with van der Waals surface area (Å²) in [4.78, 5) is 39.1.